The third-order valence-corrected chi connectivity index (χ3v) is 6.81. The predicted molar refractivity (Wildman–Crippen MR) is 145 cm³/mol. The van der Waals surface area contributed by atoms with Crippen molar-refractivity contribution >= 4 is 0 Å². The van der Waals surface area contributed by atoms with Gasteiger partial charge in [0.15, 0.2) is 0 Å². The van der Waals surface area contributed by atoms with Crippen LogP contribution in [0.3, 0.4) is 0 Å². The fourth-order valence-corrected chi connectivity index (χ4v) is 4.84. The van der Waals surface area contributed by atoms with Crippen molar-refractivity contribution in [3.8, 4) is 23.0 Å². The molecule has 0 radical (unpaired) electrons. The van der Waals surface area contributed by atoms with E-state index in [0.29, 0.717) is 0 Å². The van der Waals surface area contributed by atoms with Gasteiger partial charge in [-0.2, -0.15) is 0 Å². The standard InChI is InChI=1S/C32H34O4/c1-33-28-13-5-24(6-14-28)21-32(27-11-19-31(36-4)20-12-27,22-25-7-15-29(34-2)16-8-25)23-26-9-17-30(35-3)18-10-26/h5-20H,21-23H2,1-4H3. The van der Waals surface area contributed by atoms with Crippen LogP contribution in [0, 0.1) is 0 Å². The maximum atomic E-state index is 5.47. The van der Waals surface area contributed by atoms with Crippen LogP contribution < -0.4 is 18.9 Å². The Morgan fingerprint density at radius 3 is 0.889 bits per heavy atom. The molecule has 0 amide bonds. The molecule has 0 aliphatic rings. The van der Waals surface area contributed by atoms with Gasteiger partial charge in [-0.25, -0.2) is 0 Å². The highest BCUT2D eigenvalue weighted by molar-refractivity contribution is 5.41. The molecule has 0 spiro atoms. The van der Waals surface area contributed by atoms with Crippen molar-refractivity contribution < 1.29 is 18.9 Å². The van der Waals surface area contributed by atoms with Gasteiger partial charge in [-0.1, -0.05) is 48.5 Å². The summed E-state index contributed by atoms with van der Waals surface area (Å²) in [5.74, 6) is 3.43. The largest absolute Gasteiger partial charge is 0.497 e. The van der Waals surface area contributed by atoms with Gasteiger partial charge in [-0.3, -0.25) is 0 Å². The normalized spacial score (nSPS) is 11.1. The van der Waals surface area contributed by atoms with Crippen LogP contribution >= 0.6 is 0 Å². The number of methoxy groups -OCH3 is 4. The second kappa shape index (κ2) is 11.7. The topological polar surface area (TPSA) is 36.9 Å². The van der Waals surface area contributed by atoms with Crippen molar-refractivity contribution in [2.75, 3.05) is 28.4 Å². The number of benzene rings is 4. The minimum absolute atomic E-state index is 0.204. The summed E-state index contributed by atoms with van der Waals surface area (Å²) in [6.07, 6.45) is 2.59. The van der Waals surface area contributed by atoms with E-state index in [9.17, 15) is 0 Å². The summed E-state index contributed by atoms with van der Waals surface area (Å²) in [6, 6.07) is 33.7. The molecule has 186 valence electrons. The van der Waals surface area contributed by atoms with Gasteiger partial charge in [0.05, 0.1) is 28.4 Å². The number of rotatable bonds is 11. The molecular weight excluding hydrogens is 448 g/mol. The van der Waals surface area contributed by atoms with Gasteiger partial charge < -0.3 is 18.9 Å². The molecule has 36 heavy (non-hydrogen) atoms. The van der Waals surface area contributed by atoms with Crippen LogP contribution in [-0.2, 0) is 24.7 Å². The highest BCUT2D eigenvalue weighted by atomic mass is 16.5. The first kappa shape index (κ1) is 25.2. The van der Waals surface area contributed by atoms with E-state index < -0.39 is 0 Å². The van der Waals surface area contributed by atoms with Gasteiger partial charge in [-0.15, -0.1) is 0 Å². The molecule has 0 fully saturated rings. The zero-order valence-electron chi connectivity index (χ0n) is 21.5. The van der Waals surface area contributed by atoms with Gasteiger partial charge in [-0.05, 0) is 90.0 Å². The molecule has 0 bridgehead atoms. The molecule has 0 unspecified atom stereocenters. The SMILES string of the molecule is COc1ccc(CC(Cc2ccc(OC)cc2)(Cc2ccc(OC)cc2)c2ccc(OC)cc2)cc1. The fourth-order valence-electron chi connectivity index (χ4n) is 4.84. The van der Waals surface area contributed by atoms with E-state index in [1.165, 1.54) is 22.3 Å². The molecular formula is C32H34O4. The van der Waals surface area contributed by atoms with Gasteiger partial charge >= 0.3 is 0 Å². The Morgan fingerprint density at radius 2 is 0.639 bits per heavy atom. The van der Waals surface area contributed by atoms with Crippen LogP contribution in [0.5, 0.6) is 23.0 Å². The molecule has 0 N–H and O–H groups in total. The van der Waals surface area contributed by atoms with Crippen LogP contribution in [0.1, 0.15) is 22.3 Å². The fraction of sp³-hybridized carbons (Fsp3) is 0.250. The summed E-state index contributed by atoms with van der Waals surface area (Å²) < 4.78 is 21.7. The van der Waals surface area contributed by atoms with E-state index in [2.05, 4.69) is 60.7 Å². The first-order valence-corrected chi connectivity index (χ1v) is 12.1. The molecule has 0 heterocycles. The molecule has 4 rings (SSSR count). The number of ether oxygens (including phenoxy) is 4. The molecule has 0 saturated carbocycles. The Balaban J connectivity index is 1.81. The van der Waals surface area contributed by atoms with Crippen molar-refractivity contribution in [1.29, 1.82) is 0 Å². The van der Waals surface area contributed by atoms with Crippen LogP contribution in [-0.4, -0.2) is 28.4 Å². The van der Waals surface area contributed by atoms with Gasteiger partial charge in [0.2, 0.25) is 0 Å². The highest BCUT2D eigenvalue weighted by Gasteiger charge is 2.33. The quantitative estimate of drug-likeness (QED) is 0.239. The Labute approximate surface area is 214 Å². The molecule has 0 aliphatic carbocycles. The average Bonchev–Trinajstić information content (AvgIpc) is 2.94. The summed E-state index contributed by atoms with van der Waals surface area (Å²) in [7, 11) is 6.80. The molecule has 4 aromatic rings. The summed E-state index contributed by atoms with van der Waals surface area (Å²) >= 11 is 0. The van der Waals surface area contributed by atoms with Crippen LogP contribution in [0.15, 0.2) is 97.1 Å². The minimum atomic E-state index is -0.204. The van der Waals surface area contributed by atoms with E-state index in [1.807, 2.05) is 36.4 Å². The number of hydrogen-bond acceptors (Lipinski definition) is 4. The summed E-state index contributed by atoms with van der Waals surface area (Å²) in [4.78, 5) is 0. The van der Waals surface area contributed by atoms with Crippen LogP contribution in [0.25, 0.3) is 0 Å². The molecule has 0 aliphatic heterocycles. The lowest BCUT2D eigenvalue weighted by Crippen LogP contribution is -2.34. The third kappa shape index (κ3) is 6.01. The smallest absolute Gasteiger partial charge is 0.118 e. The van der Waals surface area contributed by atoms with Crippen LogP contribution in [0.4, 0.5) is 0 Å². The predicted octanol–water partition coefficient (Wildman–Crippen LogP) is 6.69. The molecule has 0 aromatic heterocycles. The monoisotopic (exact) mass is 482 g/mol. The zero-order valence-corrected chi connectivity index (χ0v) is 21.5. The maximum absolute atomic E-state index is 5.47. The van der Waals surface area contributed by atoms with Gasteiger partial charge in [0.25, 0.3) is 0 Å². The van der Waals surface area contributed by atoms with Crippen molar-refractivity contribution in [2.24, 2.45) is 0 Å². The van der Waals surface area contributed by atoms with Gasteiger partial charge in [0.1, 0.15) is 23.0 Å². The van der Waals surface area contributed by atoms with Crippen molar-refractivity contribution in [2.45, 2.75) is 24.7 Å². The second-order valence-corrected chi connectivity index (χ2v) is 9.08. The first-order valence-electron chi connectivity index (χ1n) is 12.1. The van der Waals surface area contributed by atoms with E-state index in [1.54, 1.807) is 28.4 Å². The third-order valence-electron chi connectivity index (χ3n) is 6.81. The first-order chi connectivity index (χ1) is 17.6. The molecule has 4 heteroatoms. The van der Waals surface area contributed by atoms with Crippen molar-refractivity contribution in [1.82, 2.24) is 0 Å². The molecule has 0 saturated heterocycles. The van der Waals surface area contributed by atoms with Crippen molar-refractivity contribution in [3.63, 3.8) is 0 Å². The molecule has 4 nitrogen and oxygen atoms in total. The lowest BCUT2D eigenvalue weighted by Gasteiger charge is -2.36. The average molecular weight is 483 g/mol. The Bertz CT molecular complexity index is 1090. The lowest BCUT2D eigenvalue weighted by molar-refractivity contribution is 0.401. The van der Waals surface area contributed by atoms with Crippen molar-refractivity contribution in [3.05, 3.63) is 119 Å². The van der Waals surface area contributed by atoms with E-state index in [-0.39, 0.29) is 5.41 Å². The lowest BCUT2D eigenvalue weighted by atomic mass is 9.68. The Morgan fingerprint density at radius 1 is 0.389 bits per heavy atom. The van der Waals surface area contributed by atoms with Crippen LogP contribution in [0.2, 0.25) is 0 Å². The summed E-state index contributed by atoms with van der Waals surface area (Å²) in [5.41, 5.74) is 4.84. The second-order valence-electron chi connectivity index (χ2n) is 9.08. The maximum Gasteiger partial charge on any atom is 0.118 e. The summed E-state index contributed by atoms with van der Waals surface area (Å²) in [5, 5.41) is 0. The molecule has 0 atom stereocenters. The highest BCUT2D eigenvalue weighted by Crippen LogP contribution is 2.38. The number of hydrogen-bond donors (Lipinski definition) is 0. The Kier molecular flexibility index (Phi) is 8.17. The van der Waals surface area contributed by atoms with E-state index in [4.69, 9.17) is 18.9 Å². The van der Waals surface area contributed by atoms with E-state index >= 15 is 0 Å². The zero-order chi connectivity index (χ0) is 25.4. The molecule has 4 aromatic carbocycles. The summed E-state index contributed by atoms with van der Waals surface area (Å²) in [6.45, 7) is 0. The van der Waals surface area contributed by atoms with E-state index in [0.717, 1.165) is 42.3 Å². The Hall–Kier alpha value is -3.92. The van der Waals surface area contributed by atoms with Gasteiger partial charge in [0, 0.05) is 5.41 Å². The minimum Gasteiger partial charge on any atom is -0.497 e.